The predicted octanol–water partition coefficient (Wildman–Crippen LogP) is 1.91. The van der Waals surface area contributed by atoms with Gasteiger partial charge in [0.05, 0.1) is 0 Å². The molecule has 9 heteroatoms. The van der Waals surface area contributed by atoms with Gasteiger partial charge in [-0.25, -0.2) is 0 Å². The van der Waals surface area contributed by atoms with Crippen molar-refractivity contribution in [1.29, 1.82) is 0 Å². The molecular weight excluding hydrogens is 383 g/mol. The van der Waals surface area contributed by atoms with Crippen LogP contribution in [-0.2, 0) is 0 Å². The van der Waals surface area contributed by atoms with Gasteiger partial charge in [0.15, 0.2) is 0 Å². The quantitative estimate of drug-likeness (QED) is 0.372. The molecule has 3 rings (SSSR count). The van der Waals surface area contributed by atoms with Crippen molar-refractivity contribution in [3.05, 3.63) is 62.7 Å². The summed E-state index contributed by atoms with van der Waals surface area (Å²) in [7, 11) is 1.56. The van der Waals surface area contributed by atoms with E-state index >= 15 is 0 Å². The molecule has 0 saturated heterocycles. The zero-order valence-electron chi connectivity index (χ0n) is 12.3. The molecule has 0 fully saturated rings. The van der Waals surface area contributed by atoms with E-state index in [1.165, 1.54) is 12.1 Å². The van der Waals surface area contributed by atoms with Gasteiger partial charge in [0.25, 0.3) is 0 Å². The number of ether oxygens (including phenoxy) is 1. The van der Waals surface area contributed by atoms with Crippen LogP contribution in [0.5, 0.6) is 5.75 Å². The number of fused-ring (bicyclic) bond motifs is 1. The van der Waals surface area contributed by atoms with Crippen LogP contribution in [0.1, 0.15) is 0 Å². The van der Waals surface area contributed by atoms with Crippen molar-refractivity contribution in [2.75, 3.05) is 7.11 Å². The van der Waals surface area contributed by atoms with Gasteiger partial charge in [0.2, 0.25) is 0 Å². The summed E-state index contributed by atoms with van der Waals surface area (Å²) < 4.78 is 11.8. The average Bonchev–Trinajstić information content (AvgIpc) is 2.95. The summed E-state index contributed by atoms with van der Waals surface area (Å²) in [5, 5.41) is 22.8. The van der Waals surface area contributed by atoms with Crippen LogP contribution in [0, 0.1) is 20.2 Å². The molecule has 2 aromatic carbocycles. The van der Waals surface area contributed by atoms with Crippen molar-refractivity contribution in [1.82, 2.24) is 0 Å². The van der Waals surface area contributed by atoms with E-state index in [2.05, 4.69) is 0 Å². The Bertz CT molecular complexity index is 952. The minimum atomic E-state index is -0.656. The van der Waals surface area contributed by atoms with Gasteiger partial charge in [-0.3, -0.25) is 0 Å². The molecule has 0 aliphatic carbocycles. The summed E-state index contributed by atoms with van der Waals surface area (Å²) in [6, 6.07) is 10.8. The number of nitro benzene ring substituents is 2. The van der Waals surface area contributed by atoms with Gasteiger partial charge in [-0.2, -0.15) is 0 Å². The Morgan fingerprint density at radius 3 is 2.50 bits per heavy atom. The Balaban J connectivity index is 1.98. The second-order valence-corrected chi connectivity index (χ2v) is 6.93. The number of rotatable bonds is 5. The molecule has 0 radical (unpaired) electrons. The summed E-state index contributed by atoms with van der Waals surface area (Å²) >= 11 is -0.496. The number of nitro groups is 2. The SMILES string of the molecule is COc1ccc2oc([Se]c3ccc([N+](=O)[O-])cc3[N+](=O)[O-])cc2c1. The fourth-order valence-corrected chi connectivity index (χ4v) is 4.04. The van der Waals surface area contributed by atoms with Crippen LogP contribution in [0.25, 0.3) is 11.0 Å². The van der Waals surface area contributed by atoms with Gasteiger partial charge >= 0.3 is 141 Å². The van der Waals surface area contributed by atoms with Crippen molar-refractivity contribution in [3.63, 3.8) is 0 Å². The Kier molecular flexibility index (Phi) is 4.20. The van der Waals surface area contributed by atoms with Gasteiger partial charge in [0, 0.05) is 0 Å². The first kappa shape index (κ1) is 16.0. The molecule has 0 N–H and O–H groups in total. The molecule has 1 aromatic heterocycles. The first-order valence-corrected chi connectivity index (χ1v) is 8.37. The molecule has 8 nitrogen and oxygen atoms in total. The number of benzene rings is 2. The van der Waals surface area contributed by atoms with Crippen LogP contribution >= 0.6 is 0 Å². The van der Waals surface area contributed by atoms with E-state index in [0.29, 0.717) is 20.5 Å². The summed E-state index contributed by atoms with van der Waals surface area (Å²) in [4.78, 5) is 20.7. The topological polar surface area (TPSA) is 109 Å². The first-order valence-electron chi connectivity index (χ1n) is 6.66. The van der Waals surface area contributed by atoms with E-state index < -0.39 is 24.8 Å². The molecule has 24 heavy (non-hydrogen) atoms. The summed E-state index contributed by atoms with van der Waals surface area (Å²) in [6.45, 7) is 0. The zero-order valence-corrected chi connectivity index (χ0v) is 14.0. The minimum absolute atomic E-state index is 0.276. The van der Waals surface area contributed by atoms with Crippen LogP contribution in [0.2, 0.25) is 0 Å². The van der Waals surface area contributed by atoms with Crippen LogP contribution < -0.4 is 13.9 Å². The standard InChI is InChI=1S/C15H10N2O6Se/c1-22-11-3-4-13-9(6-11)7-15(23-13)24-14-5-2-10(16(18)19)8-12(14)17(20)21/h2-8H,1H3. The normalized spacial score (nSPS) is 10.7. The number of non-ortho nitro benzene ring substituents is 1. The summed E-state index contributed by atoms with van der Waals surface area (Å²) in [5.41, 5.74) is 0.0649. The number of hydrogen-bond acceptors (Lipinski definition) is 6. The van der Waals surface area contributed by atoms with Crippen molar-refractivity contribution >= 4 is 46.4 Å². The van der Waals surface area contributed by atoms with E-state index in [1.807, 2.05) is 6.07 Å². The van der Waals surface area contributed by atoms with Crippen LogP contribution in [0.3, 0.4) is 0 Å². The molecule has 0 atom stereocenters. The molecule has 122 valence electrons. The van der Waals surface area contributed by atoms with Crippen molar-refractivity contribution < 1.29 is 19.0 Å². The zero-order chi connectivity index (χ0) is 17.3. The molecule has 0 aliphatic heterocycles. The third kappa shape index (κ3) is 3.08. The molecule has 0 spiro atoms. The van der Waals surface area contributed by atoms with E-state index in [1.54, 1.807) is 25.3 Å². The molecule has 0 unspecified atom stereocenters. The Morgan fingerprint density at radius 1 is 1.04 bits per heavy atom. The average molecular weight is 393 g/mol. The van der Waals surface area contributed by atoms with Crippen molar-refractivity contribution in [2.24, 2.45) is 0 Å². The van der Waals surface area contributed by atoms with Crippen molar-refractivity contribution in [2.45, 2.75) is 0 Å². The monoisotopic (exact) mass is 394 g/mol. The Labute approximate surface area is 141 Å². The Hall–Kier alpha value is -2.90. The number of hydrogen-bond donors (Lipinski definition) is 0. The van der Waals surface area contributed by atoms with E-state index in [-0.39, 0.29) is 11.4 Å². The third-order valence-electron chi connectivity index (χ3n) is 3.26. The molecule has 3 aromatic rings. The fourth-order valence-electron chi connectivity index (χ4n) is 2.13. The van der Waals surface area contributed by atoms with Crippen molar-refractivity contribution in [3.8, 4) is 5.75 Å². The van der Waals surface area contributed by atoms with Gasteiger partial charge < -0.3 is 0 Å². The fraction of sp³-hybridized carbons (Fsp3) is 0.0667. The number of furan rings is 1. The Morgan fingerprint density at radius 2 is 1.83 bits per heavy atom. The number of nitrogens with zero attached hydrogens (tertiary/aromatic N) is 2. The van der Waals surface area contributed by atoms with Gasteiger partial charge in [0.1, 0.15) is 0 Å². The molecule has 0 saturated carbocycles. The summed E-state index contributed by atoms with van der Waals surface area (Å²) in [6.07, 6.45) is 0. The second-order valence-electron chi connectivity index (χ2n) is 4.74. The maximum atomic E-state index is 11.2. The van der Waals surface area contributed by atoms with Gasteiger partial charge in [-0.1, -0.05) is 0 Å². The van der Waals surface area contributed by atoms with Crippen LogP contribution in [0.15, 0.2) is 46.9 Å². The van der Waals surface area contributed by atoms with E-state index in [4.69, 9.17) is 9.15 Å². The molecule has 0 amide bonds. The molecular formula is C15H10N2O6Se. The molecule has 1 heterocycles. The first-order chi connectivity index (χ1) is 11.5. The van der Waals surface area contributed by atoms with Gasteiger partial charge in [-0.05, 0) is 0 Å². The van der Waals surface area contributed by atoms with Crippen LogP contribution in [0.4, 0.5) is 11.4 Å². The van der Waals surface area contributed by atoms with E-state index in [9.17, 15) is 20.2 Å². The second kappa shape index (κ2) is 6.31. The summed E-state index contributed by atoms with van der Waals surface area (Å²) in [5.74, 6) is 0.684. The maximum absolute atomic E-state index is 11.2. The van der Waals surface area contributed by atoms with Gasteiger partial charge in [-0.15, -0.1) is 0 Å². The third-order valence-corrected chi connectivity index (χ3v) is 5.29. The molecule has 0 bridgehead atoms. The van der Waals surface area contributed by atoms with E-state index in [0.717, 1.165) is 11.5 Å². The molecule has 0 aliphatic rings. The van der Waals surface area contributed by atoms with Crippen LogP contribution in [-0.4, -0.2) is 31.9 Å². The number of methoxy groups -OCH3 is 1. The predicted molar refractivity (Wildman–Crippen MR) is 87.5 cm³/mol.